The Kier molecular flexibility index (Phi) is 10.2. The van der Waals surface area contributed by atoms with E-state index < -0.39 is 28.6 Å². The van der Waals surface area contributed by atoms with Crippen LogP contribution in [0.2, 0.25) is 0 Å². The third-order valence-corrected chi connectivity index (χ3v) is 12.7. The zero-order valence-corrected chi connectivity index (χ0v) is 25.8. The summed E-state index contributed by atoms with van der Waals surface area (Å²) in [5, 5.41) is 0. The maximum Gasteiger partial charge on any atom is 0.416 e. The van der Waals surface area contributed by atoms with Gasteiger partial charge in [-0.15, -0.1) is 0 Å². The van der Waals surface area contributed by atoms with Crippen LogP contribution in [0.3, 0.4) is 0 Å². The molecule has 4 saturated carbocycles. The van der Waals surface area contributed by atoms with Crippen molar-refractivity contribution in [1.29, 1.82) is 0 Å². The summed E-state index contributed by atoms with van der Waals surface area (Å²) in [5.74, 6) is 4.17. The smallest absolute Gasteiger partial charge is 0.271 e. The molecular weight excluding hydrogens is 531 g/mol. The highest BCUT2D eigenvalue weighted by Gasteiger charge is 2.59. The molecule has 5 rings (SSSR count). The fraction of sp³-hybridized carbons (Fsp3) is 0.788. The van der Waals surface area contributed by atoms with Gasteiger partial charge in [0.2, 0.25) is 0 Å². The van der Waals surface area contributed by atoms with Gasteiger partial charge in [-0.1, -0.05) is 47.0 Å². The van der Waals surface area contributed by atoms with Crippen LogP contribution in [0.5, 0.6) is 0 Å². The van der Waals surface area contributed by atoms with Crippen LogP contribution in [0.4, 0.5) is 13.2 Å². The van der Waals surface area contributed by atoms with Crippen molar-refractivity contribution in [2.45, 2.75) is 117 Å². The molecule has 4 aliphatic carbocycles. The van der Waals surface area contributed by atoms with Crippen molar-refractivity contribution in [2.24, 2.45) is 40.4 Å². The molecule has 0 heterocycles. The van der Waals surface area contributed by atoms with Crippen LogP contribution in [-0.4, -0.2) is 15.9 Å². The second-order valence-corrected chi connectivity index (χ2v) is 14.6. The molecule has 8 atom stereocenters. The molecule has 0 bridgehead atoms. The average Bonchev–Trinajstić information content (AvgIpc) is 3.27. The van der Waals surface area contributed by atoms with Crippen molar-refractivity contribution < 1.29 is 22.2 Å². The number of rotatable bonds is 7. The van der Waals surface area contributed by atoms with Gasteiger partial charge in [0, 0.05) is 11.3 Å². The Hall–Kier alpha value is -1.37. The van der Waals surface area contributed by atoms with Gasteiger partial charge in [-0.25, -0.2) is 4.21 Å². The highest BCUT2D eigenvalue weighted by Crippen LogP contribution is 2.67. The van der Waals surface area contributed by atoms with Crippen LogP contribution in [-0.2, 0) is 17.2 Å². The number of nitrogens with one attached hydrogen (secondary N) is 1. The number of fused-ring (bicyclic) bond motifs is 5. The van der Waals surface area contributed by atoms with Crippen LogP contribution in [0.15, 0.2) is 24.3 Å². The van der Waals surface area contributed by atoms with Gasteiger partial charge in [0.05, 0.1) is 5.56 Å². The lowest BCUT2D eigenvalue weighted by molar-refractivity contribution is -0.137. The second-order valence-electron chi connectivity index (χ2n) is 13.3. The lowest BCUT2D eigenvalue weighted by atomic mass is 9.45. The maximum atomic E-state index is 12.7. The Balaban J connectivity index is 0.00000181. The third kappa shape index (κ3) is 6.34. The molecule has 1 aromatic rings. The predicted octanol–water partition coefficient (Wildman–Crippen LogP) is 9.34. The largest absolute Gasteiger partial charge is 0.416 e. The van der Waals surface area contributed by atoms with Crippen LogP contribution >= 0.6 is 0 Å². The summed E-state index contributed by atoms with van der Waals surface area (Å²) >= 11 is 0. The number of carbonyl (C=O) groups is 1. The molecule has 0 aromatic heterocycles. The van der Waals surface area contributed by atoms with Crippen molar-refractivity contribution in [3.8, 4) is 0 Å². The maximum absolute atomic E-state index is 12.7. The summed E-state index contributed by atoms with van der Waals surface area (Å²) in [6, 6.07) is 4.01. The van der Waals surface area contributed by atoms with E-state index in [4.69, 9.17) is 0 Å². The summed E-state index contributed by atoms with van der Waals surface area (Å²) in [6.07, 6.45) is 12.6. The van der Waals surface area contributed by atoms with Crippen LogP contribution in [0, 0.1) is 40.4 Å². The minimum Gasteiger partial charge on any atom is -0.271 e. The Labute approximate surface area is 242 Å². The van der Waals surface area contributed by atoms with Crippen molar-refractivity contribution in [1.82, 2.24) is 4.72 Å². The van der Waals surface area contributed by atoms with Gasteiger partial charge in [0.1, 0.15) is 11.0 Å². The predicted molar refractivity (Wildman–Crippen MR) is 157 cm³/mol. The van der Waals surface area contributed by atoms with E-state index in [0.717, 1.165) is 73.1 Å². The molecule has 1 aromatic carbocycles. The van der Waals surface area contributed by atoms with Gasteiger partial charge in [-0.3, -0.25) is 9.52 Å². The van der Waals surface area contributed by atoms with Gasteiger partial charge in [0.15, 0.2) is 0 Å². The summed E-state index contributed by atoms with van der Waals surface area (Å²) in [4.78, 5) is 12.3. The second kappa shape index (κ2) is 12.9. The molecule has 226 valence electrons. The van der Waals surface area contributed by atoms with E-state index in [1.165, 1.54) is 64.2 Å². The zero-order chi connectivity index (χ0) is 29.1. The van der Waals surface area contributed by atoms with Crippen LogP contribution < -0.4 is 4.72 Å². The summed E-state index contributed by atoms with van der Waals surface area (Å²) in [5.41, 5.74) is 0.301. The fourth-order valence-corrected chi connectivity index (χ4v) is 10.4. The zero-order valence-electron chi connectivity index (χ0n) is 25.0. The molecule has 8 unspecified atom stereocenters. The standard InChI is InChI=1S/C31H44F3NO2S.C2H6/c1-29-18-5-3-7-22(29)13-15-25-26-16-14-23(30(26,2)19-17-27(25)29)8-4-6-20-38(37)35-28(36)21-9-11-24(12-10-21)31(32,33)34;1-2/h9-12,22-23,25-27H,3-8,13-20H2,1-2H3,(H,35,36);1-2H3. The molecule has 7 heteroatoms. The van der Waals surface area contributed by atoms with E-state index in [0.29, 0.717) is 16.6 Å². The van der Waals surface area contributed by atoms with Gasteiger partial charge in [-0.2, -0.15) is 13.2 Å². The van der Waals surface area contributed by atoms with E-state index in [-0.39, 0.29) is 5.56 Å². The third-order valence-electron chi connectivity index (χ3n) is 11.6. The SMILES string of the molecule is CC.CC12CCCCC1CCC1C2CCC2(C)C(CCCCS(=O)NC(=O)c3ccc(C(F)(F)F)cc3)CCC12. The molecule has 1 N–H and O–H groups in total. The molecule has 0 radical (unpaired) electrons. The summed E-state index contributed by atoms with van der Waals surface area (Å²) in [7, 11) is -1.53. The first-order valence-electron chi connectivity index (χ1n) is 15.9. The number of hydrogen-bond acceptors (Lipinski definition) is 2. The number of benzene rings is 1. The summed E-state index contributed by atoms with van der Waals surface area (Å²) < 4.78 is 53.1. The fourth-order valence-electron chi connectivity index (χ4n) is 9.53. The van der Waals surface area contributed by atoms with Gasteiger partial charge < -0.3 is 0 Å². The Morgan fingerprint density at radius 2 is 1.60 bits per heavy atom. The number of unbranched alkanes of at least 4 members (excludes halogenated alkanes) is 1. The number of carbonyl (C=O) groups excluding carboxylic acids is 1. The highest BCUT2D eigenvalue weighted by atomic mass is 32.2. The number of halogens is 3. The molecule has 40 heavy (non-hydrogen) atoms. The van der Waals surface area contributed by atoms with Gasteiger partial charge >= 0.3 is 6.18 Å². The van der Waals surface area contributed by atoms with E-state index in [1.54, 1.807) is 0 Å². The first-order chi connectivity index (χ1) is 19.0. The number of amides is 1. The quantitative estimate of drug-likeness (QED) is 0.326. The monoisotopic (exact) mass is 581 g/mol. The van der Waals surface area contributed by atoms with Crippen molar-refractivity contribution in [2.75, 3.05) is 5.75 Å². The van der Waals surface area contributed by atoms with Gasteiger partial charge in [-0.05, 0) is 129 Å². The first-order valence-corrected chi connectivity index (χ1v) is 17.2. The van der Waals surface area contributed by atoms with Crippen LogP contribution in [0.1, 0.15) is 127 Å². The minimum absolute atomic E-state index is 0.0861. The number of alkyl halides is 3. The molecule has 3 nitrogen and oxygen atoms in total. The molecule has 0 aliphatic heterocycles. The first kappa shape index (κ1) is 31.6. The lowest BCUT2D eigenvalue weighted by Gasteiger charge is -2.60. The Morgan fingerprint density at radius 3 is 2.30 bits per heavy atom. The van der Waals surface area contributed by atoms with Crippen molar-refractivity contribution >= 4 is 16.9 Å². The molecule has 1 amide bonds. The molecule has 0 saturated heterocycles. The highest BCUT2D eigenvalue weighted by molar-refractivity contribution is 7.83. The van der Waals surface area contributed by atoms with Gasteiger partial charge in [0.25, 0.3) is 5.91 Å². The molecule has 4 fully saturated rings. The normalized spacial score (nSPS) is 35.8. The van der Waals surface area contributed by atoms with Crippen LogP contribution in [0.25, 0.3) is 0 Å². The minimum atomic E-state index is -4.44. The van der Waals surface area contributed by atoms with E-state index in [1.807, 2.05) is 13.8 Å². The van der Waals surface area contributed by atoms with E-state index >= 15 is 0 Å². The topological polar surface area (TPSA) is 46.2 Å². The van der Waals surface area contributed by atoms with Crippen molar-refractivity contribution in [3.63, 3.8) is 0 Å². The average molecular weight is 582 g/mol. The lowest BCUT2D eigenvalue weighted by Crippen LogP contribution is -2.52. The number of hydrogen-bond donors (Lipinski definition) is 1. The Morgan fingerprint density at radius 1 is 0.900 bits per heavy atom. The van der Waals surface area contributed by atoms with Crippen molar-refractivity contribution in [3.05, 3.63) is 35.4 Å². The summed E-state index contributed by atoms with van der Waals surface area (Å²) in [6.45, 7) is 9.21. The van der Waals surface area contributed by atoms with E-state index in [9.17, 15) is 22.2 Å². The molecule has 0 spiro atoms. The van der Waals surface area contributed by atoms with E-state index in [2.05, 4.69) is 18.6 Å². The Bertz CT molecular complexity index is 1030. The molecule has 4 aliphatic rings. The molecular formula is C33H50F3NO2S.